The molecule has 0 aliphatic carbocycles. The van der Waals surface area contributed by atoms with Gasteiger partial charge in [0.15, 0.2) is 0 Å². The number of carbonyl (C=O) groups excluding carboxylic acids is 2. The maximum atomic E-state index is 12.7. The fraction of sp³-hybridized carbons (Fsp3) is 0.333. The fourth-order valence-corrected chi connectivity index (χ4v) is 4.36. The highest BCUT2D eigenvalue weighted by atomic mass is 32.2. The van der Waals surface area contributed by atoms with Crippen molar-refractivity contribution < 1.29 is 14.0 Å². The average molecular weight is 344 g/mol. The first-order valence-electron chi connectivity index (χ1n) is 7.86. The van der Waals surface area contributed by atoms with Crippen LogP contribution < -0.4 is 5.32 Å². The molecule has 126 valence electrons. The van der Waals surface area contributed by atoms with Gasteiger partial charge >= 0.3 is 0 Å². The smallest absolute Gasteiger partial charge is 0.244 e. The number of carbonyl (C=O) groups is 2. The number of nitrogens with zero attached hydrogens (tertiary/aromatic N) is 1. The molecule has 2 amide bonds. The number of amides is 2. The van der Waals surface area contributed by atoms with Gasteiger partial charge in [0, 0.05) is 18.2 Å². The van der Waals surface area contributed by atoms with E-state index in [-0.39, 0.29) is 23.2 Å². The molecule has 3 atom stereocenters. The van der Waals surface area contributed by atoms with Crippen LogP contribution in [0, 0.1) is 0 Å². The summed E-state index contributed by atoms with van der Waals surface area (Å²) < 4.78 is 5.12. The highest BCUT2D eigenvalue weighted by Gasteiger charge is 2.41. The van der Waals surface area contributed by atoms with Crippen molar-refractivity contribution in [1.82, 2.24) is 10.2 Å². The normalized spacial score (nSPS) is 21.5. The van der Waals surface area contributed by atoms with Crippen LogP contribution >= 0.6 is 11.8 Å². The topological polar surface area (TPSA) is 62.6 Å². The van der Waals surface area contributed by atoms with E-state index in [1.54, 1.807) is 29.2 Å². The van der Waals surface area contributed by atoms with Crippen molar-refractivity contribution in [2.45, 2.75) is 31.3 Å². The van der Waals surface area contributed by atoms with E-state index in [1.165, 1.54) is 6.92 Å². The lowest BCUT2D eigenvalue weighted by Crippen LogP contribution is -2.47. The second kappa shape index (κ2) is 7.13. The largest absolute Gasteiger partial charge is 0.472 e. The number of furan rings is 1. The molecular weight excluding hydrogens is 324 g/mol. The zero-order chi connectivity index (χ0) is 17.1. The van der Waals surface area contributed by atoms with Crippen LogP contribution in [0.2, 0.25) is 0 Å². The van der Waals surface area contributed by atoms with Crippen LogP contribution in [0.15, 0.2) is 53.3 Å². The Labute approximate surface area is 145 Å². The first-order valence-corrected chi connectivity index (χ1v) is 8.90. The predicted molar refractivity (Wildman–Crippen MR) is 93.2 cm³/mol. The molecule has 1 N–H and O–H groups in total. The van der Waals surface area contributed by atoms with Gasteiger partial charge in [-0.2, -0.15) is 0 Å². The Balaban J connectivity index is 1.73. The van der Waals surface area contributed by atoms with Crippen LogP contribution in [0.3, 0.4) is 0 Å². The van der Waals surface area contributed by atoms with Crippen LogP contribution in [0.4, 0.5) is 0 Å². The molecule has 1 fully saturated rings. The molecule has 2 heterocycles. The van der Waals surface area contributed by atoms with Crippen molar-refractivity contribution in [3.63, 3.8) is 0 Å². The molecule has 0 bridgehead atoms. The third-order valence-electron chi connectivity index (χ3n) is 4.15. The second-order valence-electron chi connectivity index (χ2n) is 5.83. The van der Waals surface area contributed by atoms with E-state index in [0.717, 1.165) is 11.1 Å². The van der Waals surface area contributed by atoms with Gasteiger partial charge in [-0.3, -0.25) is 9.59 Å². The number of nitrogens with one attached hydrogen (secondary N) is 1. The first-order chi connectivity index (χ1) is 11.6. The van der Waals surface area contributed by atoms with Gasteiger partial charge in [-0.25, -0.2) is 0 Å². The molecular formula is C18H20N2O3S. The first kappa shape index (κ1) is 16.6. The Kier molecular flexibility index (Phi) is 4.94. The molecule has 1 aromatic carbocycles. The lowest BCUT2D eigenvalue weighted by Gasteiger charge is -2.28. The zero-order valence-electron chi connectivity index (χ0n) is 13.6. The Morgan fingerprint density at radius 2 is 2.04 bits per heavy atom. The van der Waals surface area contributed by atoms with Gasteiger partial charge in [0.25, 0.3) is 0 Å². The van der Waals surface area contributed by atoms with E-state index in [1.807, 2.05) is 43.3 Å². The van der Waals surface area contributed by atoms with Gasteiger partial charge in [0.05, 0.1) is 18.6 Å². The summed E-state index contributed by atoms with van der Waals surface area (Å²) in [4.78, 5) is 26.5. The van der Waals surface area contributed by atoms with Crippen molar-refractivity contribution >= 4 is 23.6 Å². The molecule has 1 saturated heterocycles. The van der Waals surface area contributed by atoms with Crippen molar-refractivity contribution in [2.24, 2.45) is 0 Å². The van der Waals surface area contributed by atoms with Crippen molar-refractivity contribution in [1.29, 1.82) is 0 Å². The summed E-state index contributed by atoms with van der Waals surface area (Å²) in [7, 11) is 0. The molecule has 0 radical (unpaired) electrons. The summed E-state index contributed by atoms with van der Waals surface area (Å²) in [5, 5.41) is 2.84. The Morgan fingerprint density at radius 1 is 1.29 bits per heavy atom. The molecule has 0 saturated carbocycles. The highest BCUT2D eigenvalue weighted by Crippen LogP contribution is 2.41. The monoisotopic (exact) mass is 344 g/mol. The summed E-state index contributed by atoms with van der Waals surface area (Å²) in [5.41, 5.74) is 1.94. The van der Waals surface area contributed by atoms with Gasteiger partial charge in [0.1, 0.15) is 11.4 Å². The van der Waals surface area contributed by atoms with Crippen LogP contribution in [-0.4, -0.2) is 28.5 Å². The molecule has 2 aromatic rings. The summed E-state index contributed by atoms with van der Waals surface area (Å²) in [6, 6.07) is 11.0. The van der Waals surface area contributed by atoms with Gasteiger partial charge in [-0.05, 0) is 18.6 Å². The summed E-state index contributed by atoms with van der Waals surface area (Å²) >= 11 is 1.58. The zero-order valence-corrected chi connectivity index (χ0v) is 14.5. The van der Waals surface area contributed by atoms with Crippen molar-refractivity contribution in [2.75, 3.05) is 5.75 Å². The Morgan fingerprint density at radius 3 is 2.67 bits per heavy atom. The van der Waals surface area contributed by atoms with Crippen LogP contribution in [0.5, 0.6) is 0 Å². The lowest BCUT2D eigenvalue weighted by atomic mass is 10.1. The SMILES string of the molecule is CC(=O)N1[C@@H](c2ccoc2)SC[C@H]1C(=O)N[C@H](C)c1ccccc1. The van der Waals surface area contributed by atoms with Gasteiger partial charge < -0.3 is 14.6 Å². The Hall–Kier alpha value is -2.21. The van der Waals surface area contributed by atoms with Crippen LogP contribution in [-0.2, 0) is 9.59 Å². The maximum absolute atomic E-state index is 12.7. The third kappa shape index (κ3) is 3.33. The molecule has 5 nitrogen and oxygen atoms in total. The van der Waals surface area contributed by atoms with E-state index in [0.29, 0.717) is 5.75 Å². The second-order valence-corrected chi connectivity index (χ2v) is 6.94. The van der Waals surface area contributed by atoms with Gasteiger partial charge in [0.2, 0.25) is 11.8 Å². The molecule has 1 aromatic heterocycles. The van der Waals surface area contributed by atoms with E-state index < -0.39 is 6.04 Å². The third-order valence-corrected chi connectivity index (χ3v) is 5.48. The van der Waals surface area contributed by atoms with Crippen LogP contribution in [0.1, 0.15) is 36.4 Å². The number of hydrogen-bond donors (Lipinski definition) is 1. The average Bonchev–Trinajstić information content (AvgIpc) is 3.24. The maximum Gasteiger partial charge on any atom is 0.244 e. The molecule has 0 unspecified atom stereocenters. The van der Waals surface area contributed by atoms with E-state index in [9.17, 15) is 9.59 Å². The summed E-state index contributed by atoms with van der Waals surface area (Å²) in [5.74, 6) is 0.335. The van der Waals surface area contributed by atoms with Crippen molar-refractivity contribution in [3.05, 3.63) is 60.1 Å². The minimum Gasteiger partial charge on any atom is -0.472 e. The van der Waals surface area contributed by atoms with E-state index in [4.69, 9.17) is 4.42 Å². The van der Waals surface area contributed by atoms with Gasteiger partial charge in [-0.1, -0.05) is 30.3 Å². The van der Waals surface area contributed by atoms with E-state index in [2.05, 4.69) is 5.32 Å². The molecule has 6 heteroatoms. The van der Waals surface area contributed by atoms with Crippen LogP contribution in [0.25, 0.3) is 0 Å². The highest BCUT2D eigenvalue weighted by molar-refractivity contribution is 7.99. The van der Waals surface area contributed by atoms with Gasteiger partial charge in [-0.15, -0.1) is 11.8 Å². The molecule has 24 heavy (non-hydrogen) atoms. The number of benzene rings is 1. The minimum absolute atomic E-state index is 0.106. The Bertz CT molecular complexity index is 702. The lowest BCUT2D eigenvalue weighted by molar-refractivity contribution is -0.138. The minimum atomic E-state index is -0.474. The molecule has 0 spiro atoms. The fourth-order valence-electron chi connectivity index (χ4n) is 2.90. The molecule has 1 aliphatic rings. The summed E-state index contributed by atoms with van der Waals surface area (Å²) in [6.45, 7) is 3.45. The predicted octanol–water partition coefficient (Wildman–Crippen LogP) is 3.12. The quantitative estimate of drug-likeness (QED) is 0.926. The van der Waals surface area contributed by atoms with E-state index >= 15 is 0 Å². The van der Waals surface area contributed by atoms with Crippen molar-refractivity contribution in [3.8, 4) is 0 Å². The molecule has 1 aliphatic heterocycles. The molecule has 3 rings (SSSR count). The standard InChI is InChI=1S/C18H20N2O3S/c1-12(14-6-4-3-5-7-14)19-17(22)16-11-24-18(20(16)13(2)21)15-8-9-23-10-15/h3-10,12,16,18H,11H2,1-2H3,(H,19,22)/t12-,16+,18-/m1/s1. The number of thioether (sulfide) groups is 1. The number of hydrogen-bond acceptors (Lipinski definition) is 4. The number of rotatable bonds is 4. The summed E-state index contributed by atoms with van der Waals surface area (Å²) in [6.07, 6.45) is 3.21.